The lowest BCUT2D eigenvalue weighted by Gasteiger charge is -2.07. The number of pyridine rings is 1. The molecule has 1 aromatic carbocycles. The highest BCUT2D eigenvalue weighted by Gasteiger charge is 1.99. The second kappa shape index (κ2) is 6.02. The molecule has 2 rings (SSSR count). The van der Waals surface area contributed by atoms with Gasteiger partial charge in [-0.25, -0.2) is 4.98 Å². The number of aromatic nitrogens is 1. The van der Waals surface area contributed by atoms with Crippen molar-refractivity contribution in [2.45, 2.75) is 13.2 Å². The molecule has 0 spiro atoms. The first-order chi connectivity index (χ1) is 8.81. The molecule has 0 bridgehead atoms. The number of aliphatic hydroxyl groups is 1. The van der Waals surface area contributed by atoms with Crippen LogP contribution in [0.25, 0.3) is 0 Å². The van der Waals surface area contributed by atoms with E-state index in [1.165, 1.54) is 0 Å². The quantitative estimate of drug-likeness (QED) is 0.877. The molecule has 0 fully saturated rings. The van der Waals surface area contributed by atoms with Gasteiger partial charge >= 0.3 is 0 Å². The maximum absolute atomic E-state index is 8.90. The molecule has 1 N–H and O–H groups in total. The number of hydrogen-bond acceptors (Lipinski definition) is 4. The van der Waals surface area contributed by atoms with Gasteiger partial charge in [-0.05, 0) is 29.3 Å². The third kappa shape index (κ3) is 3.21. The van der Waals surface area contributed by atoms with Gasteiger partial charge in [0.2, 0.25) is 5.88 Å². The third-order valence-electron chi connectivity index (χ3n) is 2.50. The molecular formula is C14H15NO3. The van der Waals surface area contributed by atoms with Crippen LogP contribution in [-0.4, -0.2) is 17.2 Å². The van der Waals surface area contributed by atoms with Crippen LogP contribution in [0.1, 0.15) is 11.1 Å². The molecule has 0 radical (unpaired) electrons. The Kier molecular flexibility index (Phi) is 4.15. The van der Waals surface area contributed by atoms with Gasteiger partial charge in [0, 0.05) is 12.3 Å². The van der Waals surface area contributed by atoms with E-state index in [2.05, 4.69) is 4.98 Å². The highest BCUT2D eigenvalue weighted by atomic mass is 16.5. The van der Waals surface area contributed by atoms with Gasteiger partial charge in [-0.15, -0.1) is 0 Å². The Morgan fingerprint density at radius 1 is 1.17 bits per heavy atom. The summed E-state index contributed by atoms with van der Waals surface area (Å²) in [5.41, 5.74) is 1.78. The van der Waals surface area contributed by atoms with Crippen molar-refractivity contribution in [3.63, 3.8) is 0 Å². The van der Waals surface area contributed by atoms with Gasteiger partial charge in [0.25, 0.3) is 0 Å². The third-order valence-corrected chi connectivity index (χ3v) is 2.50. The lowest BCUT2D eigenvalue weighted by Crippen LogP contribution is -1.98. The van der Waals surface area contributed by atoms with Gasteiger partial charge in [-0.2, -0.15) is 0 Å². The van der Waals surface area contributed by atoms with Crippen molar-refractivity contribution in [1.82, 2.24) is 4.98 Å². The zero-order chi connectivity index (χ0) is 12.8. The molecule has 0 aliphatic heterocycles. The fourth-order valence-corrected chi connectivity index (χ4v) is 1.51. The fraction of sp³-hybridized carbons (Fsp3) is 0.214. The molecule has 0 saturated heterocycles. The van der Waals surface area contributed by atoms with Crippen molar-refractivity contribution in [1.29, 1.82) is 0 Å². The van der Waals surface area contributed by atoms with E-state index in [4.69, 9.17) is 14.6 Å². The van der Waals surface area contributed by atoms with Crippen molar-refractivity contribution >= 4 is 0 Å². The first-order valence-corrected chi connectivity index (χ1v) is 5.63. The first-order valence-electron chi connectivity index (χ1n) is 5.63. The molecule has 0 aliphatic carbocycles. The summed E-state index contributed by atoms with van der Waals surface area (Å²) in [7, 11) is 1.63. The van der Waals surface area contributed by atoms with Gasteiger partial charge < -0.3 is 14.6 Å². The highest BCUT2D eigenvalue weighted by molar-refractivity contribution is 5.28. The molecule has 0 saturated carbocycles. The van der Waals surface area contributed by atoms with Crippen molar-refractivity contribution in [3.8, 4) is 11.6 Å². The van der Waals surface area contributed by atoms with E-state index in [9.17, 15) is 0 Å². The zero-order valence-electron chi connectivity index (χ0n) is 10.2. The van der Waals surface area contributed by atoms with Crippen LogP contribution in [0.2, 0.25) is 0 Å². The first kappa shape index (κ1) is 12.4. The number of benzene rings is 1. The van der Waals surface area contributed by atoms with Gasteiger partial charge in [0.15, 0.2) is 0 Å². The average Bonchev–Trinajstić information content (AvgIpc) is 2.46. The van der Waals surface area contributed by atoms with Crippen molar-refractivity contribution in [3.05, 3.63) is 53.7 Å². The smallest absolute Gasteiger partial charge is 0.213 e. The lowest BCUT2D eigenvalue weighted by atomic mass is 10.2. The lowest BCUT2D eigenvalue weighted by molar-refractivity contribution is 0.277. The Morgan fingerprint density at radius 3 is 2.72 bits per heavy atom. The summed E-state index contributed by atoms with van der Waals surface area (Å²) in [5, 5.41) is 8.90. The van der Waals surface area contributed by atoms with E-state index >= 15 is 0 Å². The van der Waals surface area contributed by atoms with Crippen molar-refractivity contribution in [2.75, 3.05) is 7.11 Å². The van der Waals surface area contributed by atoms with Crippen LogP contribution in [0.15, 0.2) is 42.6 Å². The standard InChI is InChI=1S/C14H15NO3/c1-17-13-4-2-3-11(7-13)10-18-14-6-5-12(9-16)8-15-14/h2-8,16H,9-10H2,1H3. The van der Waals surface area contributed by atoms with Gasteiger partial charge in [-0.1, -0.05) is 12.1 Å². The Labute approximate surface area is 106 Å². The van der Waals surface area contributed by atoms with Gasteiger partial charge in [0.05, 0.1) is 13.7 Å². The minimum absolute atomic E-state index is 0.0107. The van der Waals surface area contributed by atoms with Crippen LogP contribution in [0, 0.1) is 0 Å². The Morgan fingerprint density at radius 2 is 2.06 bits per heavy atom. The summed E-state index contributed by atoms with van der Waals surface area (Å²) in [5.74, 6) is 1.34. The highest BCUT2D eigenvalue weighted by Crippen LogP contribution is 2.15. The van der Waals surface area contributed by atoms with Crippen LogP contribution in [0.4, 0.5) is 0 Å². The molecule has 4 heteroatoms. The second-order valence-corrected chi connectivity index (χ2v) is 3.80. The zero-order valence-corrected chi connectivity index (χ0v) is 10.2. The molecule has 94 valence electrons. The van der Waals surface area contributed by atoms with E-state index in [0.29, 0.717) is 12.5 Å². The van der Waals surface area contributed by atoms with Crippen LogP contribution < -0.4 is 9.47 Å². The average molecular weight is 245 g/mol. The molecule has 1 heterocycles. The normalized spacial score (nSPS) is 10.1. The Bertz CT molecular complexity index is 497. The molecule has 18 heavy (non-hydrogen) atoms. The number of methoxy groups -OCH3 is 1. The number of hydrogen-bond donors (Lipinski definition) is 1. The van der Waals surface area contributed by atoms with E-state index in [0.717, 1.165) is 16.9 Å². The fourth-order valence-electron chi connectivity index (χ4n) is 1.51. The summed E-state index contributed by atoms with van der Waals surface area (Å²) in [6, 6.07) is 11.2. The summed E-state index contributed by atoms with van der Waals surface area (Å²) < 4.78 is 10.7. The number of ether oxygens (including phenoxy) is 2. The SMILES string of the molecule is COc1cccc(COc2ccc(CO)cn2)c1. The van der Waals surface area contributed by atoms with Crippen molar-refractivity contribution in [2.24, 2.45) is 0 Å². The van der Waals surface area contributed by atoms with E-state index in [1.54, 1.807) is 25.4 Å². The minimum Gasteiger partial charge on any atom is -0.497 e. The largest absolute Gasteiger partial charge is 0.497 e. The molecule has 0 amide bonds. The summed E-state index contributed by atoms with van der Waals surface area (Å²) in [6.07, 6.45) is 1.60. The molecule has 0 atom stereocenters. The molecule has 0 unspecified atom stereocenters. The summed E-state index contributed by atoms with van der Waals surface area (Å²) >= 11 is 0. The maximum atomic E-state index is 8.90. The molecule has 0 aliphatic rings. The molecule has 2 aromatic rings. The predicted octanol–water partition coefficient (Wildman–Crippen LogP) is 2.16. The second-order valence-electron chi connectivity index (χ2n) is 3.80. The molecule has 4 nitrogen and oxygen atoms in total. The Hall–Kier alpha value is -2.07. The predicted molar refractivity (Wildman–Crippen MR) is 67.5 cm³/mol. The van der Waals surface area contributed by atoms with Crippen LogP contribution >= 0.6 is 0 Å². The van der Waals surface area contributed by atoms with Crippen molar-refractivity contribution < 1.29 is 14.6 Å². The number of rotatable bonds is 5. The summed E-state index contributed by atoms with van der Waals surface area (Å²) in [6.45, 7) is 0.422. The van der Waals surface area contributed by atoms with Gasteiger partial charge in [0.1, 0.15) is 12.4 Å². The van der Waals surface area contributed by atoms with Crippen LogP contribution in [-0.2, 0) is 13.2 Å². The maximum Gasteiger partial charge on any atom is 0.213 e. The molecule has 1 aromatic heterocycles. The summed E-state index contributed by atoms with van der Waals surface area (Å²) in [4.78, 5) is 4.09. The Balaban J connectivity index is 1.97. The van der Waals surface area contributed by atoms with E-state index in [1.807, 2.05) is 24.3 Å². The number of nitrogens with zero attached hydrogens (tertiary/aromatic N) is 1. The van der Waals surface area contributed by atoms with E-state index < -0.39 is 0 Å². The topological polar surface area (TPSA) is 51.6 Å². The van der Waals surface area contributed by atoms with Crippen LogP contribution in [0.5, 0.6) is 11.6 Å². The van der Waals surface area contributed by atoms with E-state index in [-0.39, 0.29) is 6.61 Å². The minimum atomic E-state index is -0.0107. The monoisotopic (exact) mass is 245 g/mol. The molecular weight excluding hydrogens is 230 g/mol. The van der Waals surface area contributed by atoms with Gasteiger partial charge in [-0.3, -0.25) is 0 Å². The number of aliphatic hydroxyl groups excluding tert-OH is 1. The van der Waals surface area contributed by atoms with Crippen LogP contribution in [0.3, 0.4) is 0 Å².